The van der Waals surface area contributed by atoms with Gasteiger partial charge >= 0.3 is 6.18 Å². The molecular formula is C22H23F5N8. The largest absolute Gasteiger partial charge is 0.416 e. The van der Waals surface area contributed by atoms with Crippen molar-refractivity contribution in [3.8, 4) is 0 Å². The van der Waals surface area contributed by atoms with E-state index in [-0.39, 0.29) is 36.5 Å². The Balaban J connectivity index is 1.41. The Morgan fingerprint density at radius 3 is 2.71 bits per heavy atom. The van der Waals surface area contributed by atoms with Gasteiger partial charge in [0, 0.05) is 56.1 Å². The molecule has 0 radical (unpaired) electrons. The molecule has 5 rings (SSSR count). The maximum Gasteiger partial charge on any atom is 0.416 e. The van der Waals surface area contributed by atoms with Crippen molar-refractivity contribution in [2.75, 3.05) is 36.4 Å². The van der Waals surface area contributed by atoms with Gasteiger partial charge in [0.25, 0.3) is 5.92 Å². The van der Waals surface area contributed by atoms with Crippen LogP contribution in [0.3, 0.4) is 0 Å². The van der Waals surface area contributed by atoms with Crippen LogP contribution in [0.4, 0.5) is 39.5 Å². The number of anilines is 3. The van der Waals surface area contributed by atoms with Crippen molar-refractivity contribution >= 4 is 17.6 Å². The van der Waals surface area contributed by atoms with Crippen molar-refractivity contribution in [3.05, 3.63) is 53.9 Å². The summed E-state index contributed by atoms with van der Waals surface area (Å²) in [6.45, 7) is 1.77. The summed E-state index contributed by atoms with van der Waals surface area (Å²) in [5.41, 5.74) is 0.770. The van der Waals surface area contributed by atoms with Gasteiger partial charge in [0.05, 0.1) is 24.1 Å². The second-order valence-corrected chi connectivity index (χ2v) is 8.86. The Hall–Kier alpha value is -3.35. The lowest BCUT2D eigenvalue weighted by atomic mass is 10.0. The van der Waals surface area contributed by atoms with Crippen LogP contribution in [0.2, 0.25) is 0 Å². The third kappa shape index (κ3) is 5.50. The first-order valence-electron chi connectivity index (χ1n) is 11.2. The van der Waals surface area contributed by atoms with Crippen molar-refractivity contribution in [3.63, 3.8) is 0 Å². The Kier molecular flexibility index (Phi) is 6.03. The number of hydrogen-bond donors (Lipinski definition) is 2. The van der Waals surface area contributed by atoms with Gasteiger partial charge in [0.15, 0.2) is 0 Å². The van der Waals surface area contributed by atoms with Gasteiger partial charge in [-0.15, -0.1) is 0 Å². The topological polar surface area (TPSA) is 85.9 Å². The van der Waals surface area contributed by atoms with Gasteiger partial charge in [-0.1, -0.05) is 0 Å². The number of H-pyrrole nitrogens is 1. The smallest absolute Gasteiger partial charge is 0.347 e. The van der Waals surface area contributed by atoms with E-state index in [0.717, 1.165) is 37.0 Å². The molecule has 35 heavy (non-hydrogen) atoms. The van der Waals surface area contributed by atoms with E-state index in [0.29, 0.717) is 18.8 Å². The zero-order valence-corrected chi connectivity index (χ0v) is 18.6. The number of nitrogens with one attached hydrogen (secondary N) is 2. The summed E-state index contributed by atoms with van der Waals surface area (Å²) in [5.74, 6) is -2.54. The molecule has 186 valence electrons. The molecule has 1 unspecified atom stereocenters. The zero-order valence-electron chi connectivity index (χ0n) is 18.6. The lowest BCUT2D eigenvalue weighted by Gasteiger charge is -2.20. The molecule has 0 saturated carbocycles. The highest BCUT2D eigenvalue weighted by atomic mass is 19.4. The summed E-state index contributed by atoms with van der Waals surface area (Å²) in [5, 5.41) is 2.81. The van der Waals surface area contributed by atoms with E-state index in [2.05, 4.69) is 35.1 Å². The van der Waals surface area contributed by atoms with Crippen molar-refractivity contribution in [2.45, 2.75) is 37.4 Å². The molecule has 0 aromatic carbocycles. The lowest BCUT2D eigenvalue weighted by molar-refractivity contribution is -0.137. The lowest BCUT2D eigenvalue weighted by Crippen LogP contribution is -2.27. The van der Waals surface area contributed by atoms with E-state index in [1.807, 2.05) is 0 Å². The number of nitrogens with zero attached hydrogens (tertiary/aromatic N) is 6. The van der Waals surface area contributed by atoms with Gasteiger partial charge in [-0.3, -0.25) is 4.90 Å². The minimum atomic E-state index is -4.52. The van der Waals surface area contributed by atoms with Gasteiger partial charge in [-0.05, 0) is 25.1 Å². The van der Waals surface area contributed by atoms with Crippen molar-refractivity contribution < 1.29 is 22.0 Å². The first-order chi connectivity index (χ1) is 16.6. The molecular weight excluding hydrogens is 471 g/mol. The average Bonchev–Trinajstić information content (AvgIpc) is 3.55. The van der Waals surface area contributed by atoms with E-state index in [9.17, 15) is 22.0 Å². The van der Waals surface area contributed by atoms with Crippen LogP contribution >= 0.6 is 0 Å². The van der Waals surface area contributed by atoms with Crippen LogP contribution in [0.5, 0.6) is 0 Å². The summed E-state index contributed by atoms with van der Waals surface area (Å²) in [4.78, 5) is 23.6. The fourth-order valence-electron chi connectivity index (χ4n) is 4.41. The van der Waals surface area contributed by atoms with Gasteiger partial charge < -0.3 is 15.2 Å². The maximum absolute atomic E-state index is 13.9. The second kappa shape index (κ2) is 9.02. The molecule has 3 aromatic heterocycles. The predicted octanol–water partition coefficient (Wildman–Crippen LogP) is 4.19. The first kappa shape index (κ1) is 23.4. The molecule has 0 amide bonds. The molecule has 5 heterocycles. The van der Waals surface area contributed by atoms with E-state index in [1.165, 1.54) is 4.90 Å². The van der Waals surface area contributed by atoms with Crippen LogP contribution in [-0.2, 0) is 12.7 Å². The van der Waals surface area contributed by atoms with Crippen LogP contribution in [0.15, 0.2) is 36.9 Å². The van der Waals surface area contributed by atoms with Crippen LogP contribution in [-0.4, -0.2) is 61.9 Å². The van der Waals surface area contributed by atoms with Gasteiger partial charge in [-0.2, -0.15) is 18.2 Å². The van der Waals surface area contributed by atoms with E-state index in [1.54, 1.807) is 18.6 Å². The third-order valence-corrected chi connectivity index (χ3v) is 6.17. The Morgan fingerprint density at radius 2 is 2.00 bits per heavy atom. The van der Waals surface area contributed by atoms with Crippen LogP contribution in [0.25, 0.3) is 0 Å². The molecule has 8 nitrogen and oxygen atoms in total. The van der Waals surface area contributed by atoms with Crippen molar-refractivity contribution in [1.82, 2.24) is 29.8 Å². The van der Waals surface area contributed by atoms with Gasteiger partial charge in [0.1, 0.15) is 11.6 Å². The van der Waals surface area contributed by atoms with Crippen LogP contribution in [0, 0.1) is 0 Å². The first-order valence-corrected chi connectivity index (χ1v) is 11.2. The van der Waals surface area contributed by atoms with Crippen LogP contribution in [0.1, 0.15) is 35.7 Å². The number of aromatic amines is 1. The molecule has 1 atom stereocenters. The molecule has 0 spiro atoms. The molecule has 2 fully saturated rings. The minimum Gasteiger partial charge on any atom is -0.347 e. The number of imidazole rings is 1. The number of pyridine rings is 1. The molecule has 2 aliphatic heterocycles. The van der Waals surface area contributed by atoms with Crippen LogP contribution < -0.4 is 10.2 Å². The fraction of sp³-hybridized carbons (Fsp3) is 0.455. The fourth-order valence-corrected chi connectivity index (χ4v) is 4.41. The third-order valence-electron chi connectivity index (χ3n) is 6.17. The average molecular weight is 494 g/mol. The van der Waals surface area contributed by atoms with Gasteiger partial charge in [-0.25, -0.2) is 23.7 Å². The number of alkyl halides is 5. The summed E-state index contributed by atoms with van der Waals surface area (Å²) in [7, 11) is 0. The SMILES string of the molecule is FC1(F)CCN(c2nc(Nc3cc(C(F)(F)F)ccn3)cc(C3CCN(Cc4cnc[nH]4)C3)n2)C1. The molecule has 2 saturated heterocycles. The minimum absolute atomic E-state index is 0.0119. The number of hydrogen-bond acceptors (Lipinski definition) is 7. The number of rotatable bonds is 6. The van der Waals surface area contributed by atoms with E-state index >= 15 is 0 Å². The van der Waals surface area contributed by atoms with Crippen molar-refractivity contribution in [1.29, 1.82) is 0 Å². The highest BCUT2D eigenvalue weighted by Gasteiger charge is 2.40. The molecule has 2 aliphatic rings. The molecule has 3 aromatic rings. The highest BCUT2D eigenvalue weighted by molar-refractivity contribution is 5.55. The zero-order chi connectivity index (χ0) is 24.6. The Morgan fingerprint density at radius 1 is 1.14 bits per heavy atom. The Labute approximate surface area is 197 Å². The summed E-state index contributed by atoms with van der Waals surface area (Å²) >= 11 is 0. The quantitative estimate of drug-likeness (QED) is 0.497. The van der Waals surface area contributed by atoms with E-state index < -0.39 is 24.2 Å². The molecule has 2 N–H and O–H groups in total. The second-order valence-electron chi connectivity index (χ2n) is 8.86. The highest BCUT2D eigenvalue weighted by Crippen LogP contribution is 2.34. The van der Waals surface area contributed by atoms with Gasteiger partial charge in [0.2, 0.25) is 5.95 Å². The monoisotopic (exact) mass is 494 g/mol. The van der Waals surface area contributed by atoms with Crippen molar-refractivity contribution in [2.24, 2.45) is 0 Å². The molecule has 0 bridgehead atoms. The standard InChI is InChI=1S/C22H23F5N8/c23-21(24)3-6-35(12-21)20-31-17(14-2-5-34(10-14)11-16-9-28-13-30-16)8-19(33-20)32-18-7-15(1-4-29-18)22(25,26)27/h1,4,7-9,13-14H,2-3,5-6,10-12H2,(H,28,30)(H,29,31,32,33). The molecule has 13 heteroatoms. The molecule has 0 aliphatic carbocycles. The normalized spacial score (nSPS) is 20.5. The number of likely N-dealkylation sites (tertiary alicyclic amines) is 1. The number of halogens is 5. The number of aromatic nitrogens is 5. The summed E-state index contributed by atoms with van der Waals surface area (Å²) in [6.07, 6.45) is 0.394. The Bertz CT molecular complexity index is 1170. The maximum atomic E-state index is 13.9. The summed E-state index contributed by atoms with van der Waals surface area (Å²) in [6, 6.07) is 3.41. The van der Waals surface area contributed by atoms with E-state index in [4.69, 9.17) is 0 Å². The predicted molar refractivity (Wildman–Crippen MR) is 118 cm³/mol. The summed E-state index contributed by atoms with van der Waals surface area (Å²) < 4.78 is 67.1.